The second-order valence-corrected chi connectivity index (χ2v) is 6.59. The molecule has 0 unspecified atom stereocenters. The molecule has 3 aromatic rings. The Labute approximate surface area is 176 Å². The van der Waals surface area contributed by atoms with E-state index in [1.165, 1.54) is 12.3 Å². The van der Waals surface area contributed by atoms with Crippen molar-refractivity contribution in [2.24, 2.45) is 0 Å². The highest BCUT2D eigenvalue weighted by Crippen LogP contribution is 2.27. The zero-order valence-electron chi connectivity index (χ0n) is 16.8. The maximum Gasteiger partial charge on any atom is 0.332 e. The van der Waals surface area contributed by atoms with Crippen LogP contribution in [0.2, 0.25) is 0 Å². The van der Waals surface area contributed by atoms with E-state index in [0.29, 0.717) is 24.4 Å². The molecule has 0 aliphatic heterocycles. The SMILES string of the molecule is COC[C@H](C)Nc1nccc(N(C(=O)Nc2cc(F)cc(F)c2F)c2ccccc2)n1. The topological polar surface area (TPSA) is 79.4 Å². The predicted molar refractivity (Wildman–Crippen MR) is 111 cm³/mol. The van der Waals surface area contributed by atoms with Crippen LogP contribution in [0, 0.1) is 17.5 Å². The van der Waals surface area contributed by atoms with Crippen LogP contribution in [0.25, 0.3) is 0 Å². The first-order valence-corrected chi connectivity index (χ1v) is 9.28. The zero-order valence-corrected chi connectivity index (χ0v) is 16.8. The summed E-state index contributed by atoms with van der Waals surface area (Å²) in [5, 5.41) is 5.24. The molecule has 3 rings (SSSR count). The summed E-state index contributed by atoms with van der Waals surface area (Å²) in [5.41, 5.74) is -0.239. The van der Waals surface area contributed by atoms with Gasteiger partial charge in [0.25, 0.3) is 0 Å². The molecule has 10 heteroatoms. The van der Waals surface area contributed by atoms with Gasteiger partial charge >= 0.3 is 6.03 Å². The number of aromatic nitrogens is 2. The molecule has 2 aromatic carbocycles. The van der Waals surface area contributed by atoms with Crippen molar-refractivity contribution >= 4 is 29.2 Å². The van der Waals surface area contributed by atoms with Crippen molar-refractivity contribution in [3.05, 3.63) is 72.2 Å². The molecular weight excluding hydrogens is 411 g/mol. The van der Waals surface area contributed by atoms with E-state index in [2.05, 4.69) is 20.6 Å². The minimum Gasteiger partial charge on any atom is -0.383 e. The van der Waals surface area contributed by atoms with Crippen LogP contribution >= 0.6 is 0 Å². The number of ether oxygens (including phenoxy) is 1. The van der Waals surface area contributed by atoms with Gasteiger partial charge in [0.2, 0.25) is 5.95 Å². The van der Waals surface area contributed by atoms with Crippen molar-refractivity contribution in [1.29, 1.82) is 0 Å². The summed E-state index contributed by atoms with van der Waals surface area (Å²) in [7, 11) is 1.56. The van der Waals surface area contributed by atoms with Crippen LogP contribution in [0.3, 0.4) is 0 Å². The summed E-state index contributed by atoms with van der Waals surface area (Å²) < 4.78 is 46.2. The highest BCUT2D eigenvalue weighted by Gasteiger charge is 2.22. The molecule has 0 bridgehead atoms. The number of nitrogens with zero attached hydrogens (tertiary/aromatic N) is 3. The number of benzene rings is 2. The molecule has 162 valence electrons. The lowest BCUT2D eigenvalue weighted by Gasteiger charge is -2.23. The molecular formula is C21H20F3N5O2. The lowest BCUT2D eigenvalue weighted by Crippen LogP contribution is -2.32. The molecule has 1 heterocycles. The van der Waals surface area contributed by atoms with Gasteiger partial charge in [0, 0.05) is 37.5 Å². The van der Waals surface area contributed by atoms with Crippen LogP contribution in [-0.2, 0) is 4.74 Å². The van der Waals surface area contributed by atoms with Crippen LogP contribution < -0.4 is 15.5 Å². The standard InChI is InChI=1S/C21H20F3N5O2/c1-13(12-31-2)26-20-25-9-8-18(28-20)29(15-6-4-3-5-7-15)21(30)27-17-11-14(22)10-16(23)19(17)24/h3-11,13H,12H2,1-2H3,(H,27,30)(H,25,26,28)/t13-/m0/s1. The minimum absolute atomic E-state index is 0.108. The Kier molecular flexibility index (Phi) is 7.03. The van der Waals surface area contributed by atoms with E-state index in [1.807, 2.05) is 6.92 Å². The number of urea groups is 1. The molecule has 0 saturated carbocycles. The first-order valence-electron chi connectivity index (χ1n) is 9.28. The molecule has 0 radical (unpaired) electrons. The van der Waals surface area contributed by atoms with Gasteiger partial charge in [0.15, 0.2) is 11.6 Å². The van der Waals surface area contributed by atoms with E-state index < -0.39 is 29.2 Å². The van der Waals surface area contributed by atoms with Crippen molar-refractivity contribution in [3.8, 4) is 0 Å². The first-order chi connectivity index (χ1) is 14.9. The van der Waals surface area contributed by atoms with Gasteiger partial charge in [0.05, 0.1) is 18.0 Å². The predicted octanol–water partition coefficient (Wildman–Crippen LogP) is 4.71. The number of nitrogens with one attached hydrogen (secondary N) is 2. The average Bonchev–Trinajstić information content (AvgIpc) is 2.73. The average molecular weight is 431 g/mol. The highest BCUT2D eigenvalue weighted by molar-refractivity contribution is 6.06. The third-order valence-electron chi connectivity index (χ3n) is 4.11. The molecule has 0 spiro atoms. The Hall–Kier alpha value is -3.66. The molecule has 1 aromatic heterocycles. The minimum atomic E-state index is -1.41. The van der Waals surface area contributed by atoms with Gasteiger partial charge in [-0.05, 0) is 19.1 Å². The lowest BCUT2D eigenvalue weighted by molar-refractivity contribution is 0.190. The molecule has 1 atom stereocenters. The third kappa shape index (κ3) is 5.48. The van der Waals surface area contributed by atoms with Gasteiger partial charge < -0.3 is 15.4 Å². The Balaban J connectivity index is 1.96. The van der Waals surface area contributed by atoms with E-state index in [9.17, 15) is 18.0 Å². The van der Waals surface area contributed by atoms with E-state index in [4.69, 9.17) is 4.74 Å². The van der Waals surface area contributed by atoms with Crippen LogP contribution in [0.4, 0.5) is 41.1 Å². The number of carbonyl (C=O) groups excluding carboxylic acids is 1. The molecule has 0 saturated heterocycles. The van der Waals surface area contributed by atoms with E-state index in [0.717, 1.165) is 4.90 Å². The smallest absolute Gasteiger partial charge is 0.332 e. The number of rotatable bonds is 7. The second-order valence-electron chi connectivity index (χ2n) is 6.59. The number of para-hydroxylation sites is 1. The number of halogens is 3. The largest absolute Gasteiger partial charge is 0.383 e. The Bertz CT molecular complexity index is 1050. The van der Waals surface area contributed by atoms with Crippen LogP contribution in [0.5, 0.6) is 0 Å². The molecule has 0 aliphatic rings. The van der Waals surface area contributed by atoms with Crippen molar-refractivity contribution in [2.75, 3.05) is 29.3 Å². The number of hydrogen-bond acceptors (Lipinski definition) is 5. The number of anilines is 4. The monoisotopic (exact) mass is 431 g/mol. The van der Waals surface area contributed by atoms with Crippen LogP contribution in [-0.4, -0.2) is 35.8 Å². The van der Waals surface area contributed by atoms with Gasteiger partial charge in [-0.25, -0.2) is 27.8 Å². The van der Waals surface area contributed by atoms with E-state index >= 15 is 0 Å². The Morgan fingerprint density at radius 1 is 1.16 bits per heavy atom. The van der Waals surface area contributed by atoms with Crippen LogP contribution in [0.1, 0.15) is 6.92 Å². The Morgan fingerprint density at radius 2 is 1.90 bits per heavy atom. The summed E-state index contributed by atoms with van der Waals surface area (Å²) in [6.07, 6.45) is 1.44. The van der Waals surface area contributed by atoms with Gasteiger partial charge in [-0.1, -0.05) is 18.2 Å². The van der Waals surface area contributed by atoms with Gasteiger partial charge in [-0.2, -0.15) is 4.98 Å². The van der Waals surface area contributed by atoms with Gasteiger partial charge in [0.1, 0.15) is 11.6 Å². The lowest BCUT2D eigenvalue weighted by atomic mass is 10.2. The van der Waals surface area contributed by atoms with Crippen molar-refractivity contribution in [2.45, 2.75) is 13.0 Å². The first kappa shape index (κ1) is 22.0. The molecule has 31 heavy (non-hydrogen) atoms. The van der Waals surface area contributed by atoms with Gasteiger partial charge in [-0.3, -0.25) is 0 Å². The van der Waals surface area contributed by atoms with Crippen LogP contribution in [0.15, 0.2) is 54.7 Å². The van der Waals surface area contributed by atoms with Crippen molar-refractivity contribution in [1.82, 2.24) is 9.97 Å². The summed E-state index contributed by atoms with van der Waals surface area (Å²) >= 11 is 0. The normalized spacial score (nSPS) is 11.6. The zero-order chi connectivity index (χ0) is 22.4. The maximum absolute atomic E-state index is 14.1. The number of amides is 2. The fourth-order valence-electron chi connectivity index (χ4n) is 2.80. The highest BCUT2D eigenvalue weighted by atomic mass is 19.2. The molecule has 0 aliphatic carbocycles. The summed E-state index contributed by atoms with van der Waals surface area (Å²) in [4.78, 5) is 22.6. The van der Waals surface area contributed by atoms with Gasteiger partial charge in [-0.15, -0.1) is 0 Å². The fourth-order valence-corrected chi connectivity index (χ4v) is 2.80. The summed E-state index contributed by atoms with van der Waals surface area (Å²) in [5.74, 6) is -3.42. The Morgan fingerprint density at radius 3 is 2.61 bits per heavy atom. The van der Waals surface area contributed by atoms with Crippen molar-refractivity contribution < 1.29 is 22.7 Å². The maximum atomic E-state index is 14.1. The third-order valence-corrected chi connectivity index (χ3v) is 4.11. The fraction of sp³-hybridized carbons (Fsp3) is 0.190. The second kappa shape index (κ2) is 9.90. The van der Waals surface area contributed by atoms with Crippen molar-refractivity contribution in [3.63, 3.8) is 0 Å². The number of carbonyl (C=O) groups is 1. The molecule has 2 N–H and O–H groups in total. The quantitative estimate of drug-likeness (QED) is 0.530. The molecule has 2 amide bonds. The van der Waals surface area contributed by atoms with E-state index in [-0.39, 0.29) is 17.8 Å². The number of hydrogen-bond donors (Lipinski definition) is 2. The molecule has 7 nitrogen and oxygen atoms in total. The summed E-state index contributed by atoms with van der Waals surface area (Å²) in [6, 6.07) is 9.98. The molecule has 0 fully saturated rings. The summed E-state index contributed by atoms with van der Waals surface area (Å²) in [6.45, 7) is 2.27. The number of methoxy groups -OCH3 is 1. The van der Waals surface area contributed by atoms with E-state index in [1.54, 1.807) is 37.4 Å².